The fourth-order valence-corrected chi connectivity index (χ4v) is 3.45. The molecule has 1 aliphatic carbocycles. The van der Waals surface area contributed by atoms with Gasteiger partial charge in [-0.2, -0.15) is 0 Å². The van der Waals surface area contributed by atoms with Crippen LogP contribution in [0.3, 0.4) is 0 Å². The lowest BCUT2D eigenvalue weighted by atomic mass is 9.92. The van der Waals surface area contributed by atoms with E-state index in [0.717, 1.165) is 37.9 Å². The van der Waals surface area contributed by atoms with Gasteiger partial charge in [-0.15, -0.1) is 24.8 Å². The van der Waals surface area contributed by atoms with E-state index in [1.807, 2.05) is 20.2 Å². The summed E-state index contributed by atoms with van der Waals surface area (Å²) in [7, 11) is 4.06. The van der Waals surface area contributed by atoms with Crippen LogP contribution in [0.25, 0.3) is 0 Å². The van der Waals surface area contributed by atoms with Crippen LogP contribution in [0.5, 0.6) is 0 Å². The predicted molar refractivity (Wildman–Crippen MR) is 99.8 cm³/mol. The number of anilines is 1. The van der Waals surface area contributed by atoms with E-state index in [1.165, 1.54) is 5.69 Å². The van der Waals surface area contributed by atoms with Gasteiger partial charge in [0.05, 0.1) is 0 Å². The second kappa shape index (κ2) is 8.22. The van der Waals surface area contributed by atoms with E-state index in [-0.39, 0.29) is 36.6 Å². The predicted octanol–water partition coefficient (Wildman–Crippen LogP) is 2.60. The highest BCUT2D eigenvalue weighted by atomic mass is 35.5. The van der Waals surface area contributed by atoms with Crippen LogP contribution >= 0.6 is 24.8 Å². The Kier molecular flexibility index (Phi) is 7.18. The van der Waals surface area contributed by atoms with Crippen molar-refractivity contribution in [1.29, 1.82) is 0 Å². The molecule has 6 heteroatoms. The quantitative estimate of drug-likeness (QED) is 0.868. The SMILES string of the molecule is CN(C)c1cccc(CNC(=O)C2CC23CCNCC3)c1.Cl.Cl. The number of nitrogens with one attached hydrogen (secondary N) is 2. The molecule has 0 aromatic heterocycles. The monoisotopic (exact) mass is 359 g/mol. The topological polar surface area (TPSA) is 44.4 Å². The fourth-order valence-electron chi connectivity index (χ4n) is 3.45. The van der Waals surface area contributed by atoms with Gasteiger partial charge < -0.3 is 15.5 Å². The minimum absolute atomic E-state index is 0. The molecular weight excluding hydrogens is 333 g/mol. The molecule has 1 aromatic rings. The van der Waals surface area contributed by atoms with Crippen molar-refractivity contribution in [3.05, 3.63) is 29.8 Å². The third kappa shape index (κ3) is 4.52. The average molecular weight is 360 g/mol. The Labute approximate surface area is 151 Å². The van der Waals surface area contributed by atoms with E-state index in [4.69, 9.17) is 0 Å². The maximum Gasteiger partial charge on any atom is 0.223 e. The number of carbonyl (C=O) groups excluding carboxylic acids is 1. The second-order valence-electron chi connectivity index (χ2n) is 6.65. The first kappa shape index (κ1) is 20.1. The molecule has 1 unspecified atom stereocenters. The first-order valence-electron chi connectivity index (χ1n) is 7.85. The molecule has 130 valence electrons. The van der Waals surface area contributed by atoms with Gasteiger partial charge in [-0.25, -0.2) is 0 Å². The van der Waals surface area contributed by atoms with E-state index in [9.17, 15) is 4.79 Å². The van der Waals surface area contributed by atoms with Crippen LogP contribution in [0.4, 0.5) is 5.69 Å². The fraction of sp³-hybridized carbons (Fsp3) is 0.588. The number of rotatable bonds is 4. The van der Waals surface area contributed by atoms with Crippen molar-refractivity contribution in [1.82, 2.24) is 10.6 Å². The summed E-state index contributed by atoms with van der Waals surface area (Å²) in [5.74, 6) is 0.490. The van der Waals surface area contributed by atoms with Crippen molar-refractivity contribution >= 4 is 36.4 Å². The molecule has 1 saturated heterocycles. The molecule has 2 aliphatic rings. The number of hydrogen-bond donors (Lipinski definition) is 2. The summed E-state index contributed by atoms with van der Waals surface area (Å²) in [6.07, 6.45) is 3.39. The van der Waals surface area contributed by atoms with Gasteiger partial charge in [-0.05, 0) is 55.5 Å². The molecule has 0 bridgehead atoms. The zero-order valence-corrected chi connectivity index (χ0v) is 15.4. The molecule has 1 saturated carbocycles. The zero-order chi connectivity index (χ0) is 14.9. The lowest BCUT2D eigenvalue weighted by molar-refractivity contribution is -0.123. The van der Waals surface area contributed by atoms with E-state index in [1.54, 1.807) is 0 Å². The van der Waals surface area contributed by atoms with Crippen LogP contribution in [0.1, 0.15) is 24.8 Å². The Bertz CT molecular complexity index is 530. The molecule has 1 aliphatic heterocycles. The number of benzene rings is 1. The molecule has 3 rings (SSSR count). The molecular formula is C17H27Cl2N3O. The van der Waals surface area contributed by atoms with Gasteiger partial charge in [0.25, 0.3) is 0 Å². The Morgan fingerprint density at radius 3 is 2.65 bits per heavy atom. The molecule has 1 amide bonds. The van der Waals surface area contributed by atoms with Crippen molar-refractivity contribution in [2.24, 2.45) is 11.3 Å². The molecule has 2 N–H and O–H groups in total. The van der Waals surface area contributed by atoms with Crippen LogP contribution in [-0.2, 0) is 11.3 Å². The summed E-state index contributed by atoms with van der Waals surface area (Å²) in [6, 6.07) is 8.33. The third-order valence-corrected chi connectivity index (χ3v) is 5.00. The van der Waals surface area contributed by atoms with E-state index in [0.29, 0.717) is 12.0 Å². The van der Waals surface area contributed by atoms with Gasteiger partial charge in [0, 0.05) is 32.2 Å². The Morgan fingerprint density at radius 1 is 1.30 bits per heavy atom. The molecule has 1 spiro atoms. The smallest absolute Gasteiger partial charge is 0.223 e. The van der Waals surface area contributed by atoms with E-state index < -0.39 is 0 Å². The number of piperidine rings is 1. The van der Waals surface area contributed by atoms with Gasteiger partial charge in [-0.1, -0.05) is 12.1 Å². The van der Waals surface area contributed by atoms with Crippen molar-refractivity contribution in [2.45, 2.75) is 25.8 Å². The minimum Gasteiger partial charge on any atom is -0.378 e. The summed E-state index contributed by atoms with van der Waals surface area (Å²) < 4.78 is 0. The summed E-state index contributed by atoms with van der Waals surface area (Å²) >= 11 is 0. The Hall–Kier alpha value is -0.970. The summed E-state index contributed by atoms with van der Waals surface area (Å²) in [5, 5.41) is 6.50. The van der Waals surface area contributed by atoms with Gasteiger partial charge in [0.1, 0.15) is 0 Å². The molecule has 1 heterocycles. The highest BCUT2D eigenvalue weighted by molar-refractivity contribution is 5.85. The molecule has 23 heavy (non-hydrogen) atoms. The van der Waals surface area contributed by atoms with Crippen LogP contribution in [0, 0.1) is 11.3 Å². The number of carbonyl (C=O) groups is 1. The van der Waals surface area contributed by atoms with Crippen molar-refractivity contribution in [3.8, 4) is 0 Å². The van der Waals surface area contributed by atoms with Crippen LogP contribution in [-0.4, -0.2) is 33.1 Å². The maximum absolute atomic E-state index is 12.3. The van der Waals surface area contributed by atoms with Gasteiger partial charge >= 0.3 is 0 Å². The third-order valence-electron chi connectivity index (χ3n) is 5.00. The van der Waals surface area contributed by atoms with Crippen molar-refractivity contribution in [2.75, 3.05) is 32.1 Å². The van der Waals surface area contributed by atoms with E-state index in [2.05, 4.69) is 33.7 Å². The summed E-state index contributed by atoms with van der Waals surface area (Å²) in [4.78, 5) is 14.4. The lowest BCUT2D eigenvalue weighted by Gasteiger charge is -2.23. The highest BCUT2D eigenvalue weighted by Gasteiger charge is 2.57. The van der Waals surface area contributed by atoms with Crippen LogP contribution in [0.15, 0.2) is 24.3 Å². The van der Waals surface area contributed by atoms with Gasteiger partial charge in [0.2, 0.25) is 5.91 Å². The number of nitrogens with zero attached hydrogens (tertiary/aromatic N) is 1. The van der Waals surface area contributed by atoms with Crippen molar-refractivity contribution in [3.63, 3.8) is 0 Å². The standard InChI is InChI=1S/C17H25N3O.2ClH/c1-20(2)14-5-3-4-13(10-14)12-19-16(21)15-11-17(15)6-8-18-9-7-17;;/h3-5,10,15,18H,6-9,11-12H2,1-2H3,(H,19,21);2*1H. The van der Waals surface area contributed by atoms with Crippen molar-refractivity contribution < 1.29 is 4.79 Å². The van der Waals surface area contributed by atoms with Gasteiger partial charge in [-0.3, -0.25) is 4.79 Å². The van der Waals surface area contributed by atoms with E-state index >= 15 is 0 Å². The van der Waals surface area contributed by atoms with Crippen LogP contribution < -0.4 is 15.5 Å². The second-order valence-corrected chi connectivity index (χ2v) is 6.65. The van der Waals surface area contributed by atoms with Crippen LogP contribution in [0.2, 0.25) is 0 Å². The summed E-state index contributed by atoms with van der Waals surface area (Å²) in [5.41, 5.74) is 2.65. The first-order valence-corrected chi connectivity index (χ1v) is 7.85. The molecule has 1 atom stereocenters. The molecule has 4 nitrogen and oxygen atoms in total. The minimum atomic E-state index is 0. The normalized spacial score (nSPS) is 20.9. The Balaban J connectivity index is 0.00000132. The maximum atomic E-state index is 12.3. The zero-order valence-electron chi connectivity index (χ0n) is 13.8. The largest absolute Gasteiger partial charge is 0.378 e. The lowest BCUT2D eigenvalue weighted by Crippen LogP contribution is -2.33. The van der Waals surface area contributed by atoms with Gasteiger partial charge in [0.15, 0.2) is 0 Å². The average Bonchev–Trinajstić information content (AvgIpc) is 3.19. The number of amides is 1. The number of halogens is 2. The first-order chi connectivity index (χ1) is 10.1. The summed E-state index contributed by atoms with van der Waals surface area (Å²) in [6.45, 7) is 2.76. The molecule has 0 radical (unpaired) electrons. The molecule has 1 aromatic carbocycles. The highest BCUT2D eigenvalue weighted by Crippen LogP contribution is 2.58. The molecule has 2 fully saturated rings. The Morgan fingerprint density at radius 2 is 2.00 bits per heavy atom. The number of hydrogen-bond acceptors (Lipinski definition) is 3.